The fourth-order valence-corrected chi connectivity index (χ4v) is 1.64. The minimum atomic E-state index is -4.27. The molecule has 0 aliphatic heterocycles. The van der Waals surface area contributed by atoms with Gasteiger partial charge < -0.3 is 10.1 Å². The van der Waals surface area contributed by atoms with Gasteiger partial charge in [0.25, 0.3) is 0 Å². The third kappa shape index (κ3) is 10.3. The molecule has 0 heterocycles. The lowest BCUT2D eigenvalue weighted by Crippen LogP contribution is -2.40. The van der Waals surface area contributed by atoms with Gasteiger partial charge in [-0.05, 0) is 39.0 Å². The molecule has 0 saturated heterocycles. The average Bonchev–Trinajstić information content (AvgIpc) is 2.07. The smallest absolute Gasteiger partial charge is 0.441 e. The van der Waals surface area contributed by atoms with Gasteiger partial charge in [-0.25, -0.2) is 4.79 Å². The van der Waals surface area contributed by atoms with Crippen LogP contribution in [0.1, 0.15) is 34.1 Å². The molecule has 0 aliphatic rings. The fraction of sp³-hybridized carbons (Fsp3) is 0.900. The Morgan fingerprint density at radius 3 is 2.24 bits per heavy atom. The van der Waals surface area contributed by atoms with Gasteiger partial charge in [-0.1, -0.05) is 6.92 Å². The number of alkyl halides is 3. The maximum atomic E-state index is 12.0. The molecule has 102 valence electrons. The molecule has 0 aromatic rings. The Labute approximate surface area is 103 Å². The highest BCUT2D eigenvalue weighted by atomic mass is 32.2. The normalized spacial score (nSPS) is 14.3. The molecule has 0 spiro atoms. The number of alkyl carbamates (subject to hydrolysis) is 1. The van der Waals surface area contributed by atoms with Gasteiger partial charge in [0.05, 0.1) is 0 Å². The van der Waals surface area contributed by atoms with Crippen LogP contribution in [0, 0.1) is 0 Å². The van der Waals surface area contributed by atoms with E-state index in [9.17, 15) is 18.0 Å². The zero-order chi connectivity index (χ0) is 13.7. The first-order valence-corrected chi connectivity index (χ1v) is 6.22. The highest BCUT2D eigenvalue weighted by Crippen LogP contribution is 2.30. The van der Waals surface area contributed by atoms with E-state index in [2.05, 4.69) is 5.32 Å². The predicted molar refractivity (Wildman–Crippen MR) is 62.0 cm³/mol. The van der Waals surface area contributed by atoms with Gasteiger partial charge in [0, 0.05) is 11.8 Å². The van der Waals surface area contributed by atoms with Crippen molar-refractivity contribution in [2.75, 3.05) is 5.75 Å². The van der Waals surface area contributed by atoms with Crippen LogP contribution in [0.2, 0.25) is 0 Å². The van der Waals surface area contributed by atoms with Gasteiger partial charge >= 0.3 is 11.6 Å². The lowest BCUT2D eigenvalue weighted by molar-refractivity contribution is -0.0329. The van der Waals surface area contributed by atoms with E-state index < -0.39 is 23.2 Å². The van der Waals surface area contributed by atoms with E-state index in [0.29, 0.717) is 6.42 Å². The first-order valence-electron chi connectivity index (χ1n) is 5.23. The van der Waals surface area contributed by atoms with E-state index in [1.807, 2.05) is 0 Å². The van der Waals surface area contributed by atoms with Crippen LogP contribution in [0.25, 0.3) is 0 Å². The number of carbonyl (C=O) groups is 1. The molecule has 0 aromatic heterocycles. The predicted octanol–water partition coefficient (Wildman–Crippen LogP) is 3.54. The van der Waals surface area contributed by atoms with E-state index in [1.54, 1.807) is 27.7 Å². The largest absolute Gasteiger partial charge is 0.444 e. The van der Waals surface area contributed by atoms with Crippen molar-refractivity contribution < 1.29 is 22.7 Å². The Bertz CT molecular complexity index is 251. The monoisotopic (exact) mass is 273 g/mol. The molecule has 7 heteroatoms. The van der Waals surface area contributed by atoms with Gasteiger partial charge in [-0.3, -0.25) is 0 Å². The van der Waals surface area contributed by atoms with Gasteiger partial charge in [-0.15, -0.1) is 0 Å². The number of hydrogen-bond acceptors (Lipinski definition) is 3. The maximum Gasteiger partial charge on any atom is 0.441 e. The molecule has 0 aromatic carbocycles. The molecule has 0 fully saturated rings. The number of halogens is 3. The Morgan fingerprint density at radius 2 is 1.88 bits per heavy atom. The zero-order valence-electron chi connectivity index (χ0n) is 10.4. The van der Waals surface area contributed by atoms with Crippen LogP contribution >= 0.6 is 11.8 Å². The number of ether oxygens (including phenoxy) is 1. The molecule has 17 heavy (non-hydrogen) atoms. The number of nitrogens with one attached hydrogen (secondary N) is 1. The molecule has 1 unspecified atom stereocenters. The molecule has 1 atom stereocenters. The first kappa shape index (κ1) is 16.4. The van der Waals surface area contributed by atoms with E-state index in [-0.39, 0.29) is 17.5 Å². The van der Waals surface area contributed by atoms with Crippen molar-refractivity contribution in [3.05, 3.63) is 0 Å². The lowest BCUT2D eigenvalue weighted by atomic mass is 10.2. The second-order valence-electron chi connectivity index (χ2n) is 4.51. The number of hydrogen-bond donors (Lipinski definition) is 1. The van der Waals surface area contributed by atoms with Crippen LogP contribution in [0.3, 0.4) is 0 Å². The molecule has 0 bridgehead atoms. The third-order valence-corrected chi connectivity index (χ3v) is 2.56. The molecule has 1 amide bonds. The van der Waals surface area contributed by atoms with Gasteiger partial charge in [0.1, 0.15) is 5.60 Å². The van der Waals surface area contributed by atoms with Crippen LogP contribution in [0.5, 0.6) is 0 Å². The van der Waals surface area contributed by atoms with Crippen molar-refractivity contribution in [1.29, 1.82) is 0 Å². The second kappa shape index (κ2) is 6.37. The second-order valence-corrected chi connectivity index (χ2v) is 5.59. The molecule has 0 saturated carbocycles. The minimum absolute atomic E-state index is 0.144. The summed E-state index contributed by atoms with van der Waals surface area (Å²) in [6.07, 6.45) is -0.269. The summed E-state index contributed by atoms with van der Waals surface area (Å²) in [6.45, 7) is 6.78. The Hall–Kier alpha value is -0.590. The van der Waals surface area contributed by atoms with Gasteiger partial charge in [0.2, 0.25) is 0 Å². The van der Waals surface area contributed by atoms with Crippen molar-refractivity contribution in [2.45, 2.75) is 51.3 Å². The number of amides is 1. The first-order chi connectivity index (χ1) is 7.53. The van der Waals surface area contributed by atoms with Crippen LogP contribution in [-0.2, 0) is 4.74 Å². The van der Waals surface area contributed by atoms with Crippen molar-refractivity contribution in [2.24, 2.45) is 0 Å². The van der Waals surface area contributed by atoms with Crippen LogP contribution in [-0.4, -0.2) is 29.0 Å². The summed E-state index contributed by atoms with van der Waals surface area (Å²) in [7, 11) is 0. The van der Waals surface area contributed by atoms with Gasteiger partial charge in [-0.2, -0.15) is 13.2 Å². The van der Waals surface area contributed by atoms with E-state index in [0.717, 1.165) is 0 Å². The van der Waals surface area contributed by atoms with Crippen molar-refractivity contribution in [1.82, 2.24) is 5.32 Å². The summed E-state index contributed by atoms with van der Waals surface area (Å²) in [4.78, 5) is 11.3. The SMILES string of the molecule is CCC(CSC(F)(F)F)NC(=O)OC(C)(C)C. The summed E-state index contributed by atoms with van der Waals surface area (Å²) in [5.41, 5.74) is -4.93. The highest BCUT2D eigenvalue weighted by molar-refractivity contribution is 8.00. The van der Waals surface area contributed by atoms with Crippen LogP contribution < -0.4 is 5.32 Å². The highest BCUT2D eigenvalue weighted by Gasteiger charge is 2.30. The zero-order valence-corrected chi connectivity index (χ0v) is 11.2. The molecular formula is C10H18F3NO2S. The van der Waals surface area contributed by atoms with Crippen LogP contribution in [0.4, 0.5) is 18.0 Å². The topological polar surface area (TPSA) is 38.3 Å². The Kier molecular flexibility index (Phi) is 6.15. The number of rotatable bonds is 4. The molecule has 1 N–H and O–H groups in total. The van der Waals surface area contributed by atoms with E-state index >= 15 is 0 Å². The standard InChI is InChI=1S/C10H18F3NO2S/c1-5-7(6-17-10(11,12)13)14-8(15)16-9(2,3)4/h7H,5-6H2,1-4H3,(H,14,15). The average molecular weight is 273 g/mol. The minimum Gasteiger partial charge on any atom is -0.444 e. The summed E-state index contributed by atoms with van der Waals surface area (Å²) >= 11 is -0.144. The van der Waals surface area contributed by atoms with Gasteiger partial charge in [0.15, 0.2) is 0 Å². The quantitative estimate of drug-likeness (QED) is 0.851. The Balaban J connectivity index is 4.09. The van der Waals surface area contributed by atoms with Crippen molar-refractivity contribution in [3.8, 4) is 0 Å². The number of thioether (sulfide) groups is 1. The van der Waals surface area contributed by atoms with E-state index in [4.69, 9.17) is 4.74 Å². The van der Waals surface area contributed by atoms with E-state index in [1.165, 1.54) is 0 Å². The summed E-state index contributed by atoms with van der Waals surface area (Å²) < 4.78 is 40.9. The van der Waals surface area contributed by atoms with Crippen molar-refractivity contribution in [3.63, 3.8) is 0 Å². The molecule has 0 radical (unpaired) electrons. The molecule has 0 rings (SSSR count). The summed E-state index contributed by atoms with van der Waals surface area (Å²) in [5.74, 6) is -0.209. The summed E-state index contributed by atoms with van der Waals surface area (Å²) in [5, 5.41) is 2.41. The number of carbonyl (C=O) groups excluding carboxylic acids is 1. The molecular weight excluding hydrogens is 255 g/mol. The third-order valence-electron chi connectivity index (χ3n) is 1.66. The fourth-order valence-electron chi connectivity index (χ4n) is 0.931. The lowest BCUT2D eigenvalue weighted by Gasteiger charge is -2.23. The van der Waals surface area contributed by atoms with Crippen LogP contribution in [0.15, 0.2) is 0 Å². The summed E-state index contributed by atoms with van der Waals surface area (Å²) in [6, 6.07) is -0.545. The maximum absolute atomic E-state index is 12.0. The molecule has 0 aliphatic carbocycles. The van der Waals surface area contributed by atoms with Crippen molar-refractivity contribution >= 4 is 17.9 Å². The molecule has 3 nitrogen and oxygen atoms in total. The Morgan fingerprint density at radius 1 is 1.35 bits per heavy atom.